The van der Waals surface area contributed by atoms with Crippen LogP contribution in [0.3, 0.4) is 0 Å². The van der Waals surface area contributed by atoms with Gasteiger partial charge in [0.2, 0.25) is 0 Å². The standard InChI is InChI=1S/C22H28F2N4/c1-6-14-9-15(12-26-14)27-13(2)16-10-19(24)17(11-18(16)23)20-7-8-25-21(28-20)22(3,4)5/h7-8,10-14,26-27H,6,9H2,1-5H3/t13?,14-/m0/s1. The van der Waals surface area contributed by atoms with Crippen molar-refractivity contribution in [3.63, 3.8) is 0 Å². The smallest absolute Gasteiger partial charge is 0.134 e. The lowest BCUT2D eigenvalue weighted by Gasteiger charge is -2.19. The predicted molar refractivity (Wildman–Crippen MR) is 108 cm³/mol. The minimum atomic E-state index is -0.492. The number of rotatable bonds is 5. The van der Waals surface area contributed by atoms with Crippen LogP contribution in [0.15, 0.2) is 36.3 Å². The van der Waals surface area contributed by atoms with Crippen LogP contribution in [0, 0.1) is 11.6 Å². The molecule has 6 heteroatoms. The normalized spacial score (nSPS) is 17.8. The number of hydrogen-bond donors (Lipinski definition) is 2. The van der Waals surface area contributed by atoms with Crippen LogP contribution in [0.2, 0.25) is 0 Å². The first kappa shape index (κ1) is 20.2. The largest absolute Gasteiger partial charge is 0.386 e. The van der Waals surface area contributed by atoms with E-state index in [2.05, 4.69) is 27.5 Å². The maximum absolute atomic E-state index is 14.9. The molecule has 0 saturated carbocycles. The van der Waals surface area contributed by atoms with Gasteiger partial charge in [-0.3, -0.25) is 0 Å². The summed E-state index contributed by atoms with van der Waals surface area (Å²) in [6, 6.07) is 4.15. The van der Waals surface area contributed by atoms with E-state index in [0.29, 0.717) is 23.1 Å². The third-order valence-electron chi connectivity index (χ3n) is 5.01. The Labute approximate surface area is 165 Å². The zero-order valence-electron chi connectivity index (χ0n) is 17.1. The Morgan fingerprint density at radius 1 is 1.25 bits per heavy atom. The fraction of sp³-hybridized carbons (Fsp3) is 0.455. The van der Waals surface area contributed by atoms with Gasteiger partial charge in [0.1, 0.15) is 17.5 Å². The lowest BCUT2D eigenvalue weighted by atomic mass is 9.95. The van der Waals surface area contributed by atoms with E-state index < -0.39 is 11.6 Å². The highest BCUT2D eigenvalue weighted by Crippen LogP contribution is 2.29. The Balaban J connectivity index is 1.85. The molecule has 1 aliphatic rings. The molecule has 0 saturated heterocycles. The molecule has 1 aliphatic heterocycles. The maximum Gasteiger partial charge on any atom is 0.134 e. The first-order valence-electron chi connectivity index (χ1n) is 9.73. The summed E-state index contributed by atoms with van der Waals surface area (Å²) in [5.41, 5.74) is 1.56. The van der Waals surface area contributed by atoms with E-state index in [4.69, 9.17) is 0 Å². The van der Waals surface area contributed by atoms with Crippen LogP contribution in [0.4, 0.5) is 8.78 Å². The second-order valence-electron chi connectivity index (χ2n) is 8.38. The van der Waals surface area contributed by atoms with Crippen LogP contribution in [0.5, 0.6) is 0 Å². The molecule has 0 aliphatic carbocycles. The van der Waals surface area contributed by atoms with E-state index >= 15 is 0 Å². The van der Waals surface area contributed by atoms with E-state index in [-0.39, 0.29) is 17.0 Å². The van der Waals surface area contributed by atoms with Crippen LogP contribution < -0.4 is 10.6 Å². The molecule has 2 aromatic rings. The Morgan fingerprint density at radius 3 is 2.64 bits per heavy atom. The fourth-order valence-electron chi connectivity index (χ4n) is 3.28. The number of nitrogens with zero attached hydrogens (tertiary/aromatic N) is 2. The van der Waals surface area contributed by atoms with Gasteiger partial charge >= 0.3 is 0 Å². The minimum absolute atomic E-state index is 0.147. The molecule has 0 amide bonds. The van der Waals surface area contributed by atoms with Crippen molar-refractivity contribution in [1.82, 2.24) is 20.6 Å². The summed E-state index contributed by atoms with van der Waals surface area (Å²) in [7, 11) is 0. The first-order valence-corrected chi connectivity index (χ1v) is 9.73. The molecular weight excluding hydrogens is 358 g/mol. The number of nitrogens with one attached hydrogen (secondary N) is 2. The zero-order valence-corrected chi connectivity index (χ0v) is 17.1. The van der Waals surface area contributed by atoms with Gasteiger partial charge in [-0.1, -0.05) is 27.7 Å². The Bertz CT molecular complexity index is 887. The Hall–Kier alpha value is -2.50. The highest BCUT2D eigenvalue weighted by atomic mass is 19.1. The summed E-state index contributed by atoms with van der Waals surface area (Å²) >= 11 is 0. The molecule has 2 atom stereocenters. The Kier molecular flexibility index (Phi) is 5.68. The summed E-state index contributed by atoms with van der Waals surface area (Å²) in [5.74, 6) is -0.352. The highest BCUT2D eigenvalue weighted by Gasteiger charge is 2.22. The molecule has 28 heavy (non-hydrogen) atoms. The molecule has 0 fully saturated rings. The number of aromatic nitrogens is 2. The van der Waals surface area contributed by atoms with Crippen LogP contribution in [-0.2, 0) is 5.41 Å². The van der Waals surface area contributed by atoms with E-state index in [1.807, 2.05) is 33.9 Å². The van der Waals surface area contributed by atoms with Crippen LogP contribution in [0.1, 0.15) is 64.9 Å². The maximum atomic E-state index is 14.9. The highest BCUT2D eigenvalue weighted by molar-refractivity contribution is 5.60. The van der Waals surface area contributed by atoms with Gasteiger partial charge in [0.25, 0.3) is 0 Å². The van der Waals surface area contributed by atoms with Crippen molar-refractivity contribution < 1.29 is 8.78 Å². The molecule has 1 aromatic carbocycles. The van der Waals surface area contributed by atoms with Gasteiger partial charge in [0, 0.05) is 47.1 Å². The van der Waals surface area contributed by atoms with Crippen molar-refractivity contribution in [1.29, 1.82) is 0 Å². The molecule has 1 unspecified atom stereocenters. The molecule has 4 nitrogen and oxygen atoms in total. The summed E-state index contributed by atoms with van der Waals surface area (Å²) < 4.78 is 29.7. The lowest BCUT2D eigenvalue weighted by molar-refractivity contribution is 0.534. The molecular formula is C22H28F2N4. The second kappa shape index (κ2) is 7.86. The quantitative estimate of drug-likeness (QED) is 0.761. The fourth-order valence-corrected chi connectivity index (χ4v) is 3.28. The molecule has 150 valence electrons. The van der Waals surface area contributed by atoms with E-state index in [9.17, 15) is 8.78 Å². The molecule has 0 bridgehead atoms. The van der Waals surface area contributed by atoms with Crippen molar-refractivity contribution in [2.24, 2.45) is 0 Å². The second-order valence-corrected chi connectivity index (χ2v) is 8.38. The number of halogens is 2. The van der Waals surface area contributed by atoms with Crippen LogP contribution >= 0.6 is 0 Å². The van der Waals surface area contributed by atoms with E-state index in [0.717, 1.165) is 18.5 Å². The number of hydrogen-bond acceptors (Lipinski definition) is 4. The minimum Gasteiger partial charge on any atom is -0.386 e. The van der Waals surface area contributed by atoms with Gasteiger partial charge in [-0.25, -0.2) is 18.7 Å². The molecule has 2 N–H and O–H groups in total. The summed E-state index contributed by atoms with van der Waals surface area (Å²) in [6.07, 6.45) is 5.38. The van der Waals surface area contributed by atoms with Crippen LogP contribution in [-0.4, -0.2) is 16.0 Å². The van der Waals surface area contributed by atoms with E-state index in [1.165, 1.54) is 12.1 Å². The van der Waals surface area contributed by atoms with Gasteiger partial charge in [0.05, 0.1) is 11.7 Å². The summed E-state index contributed by atoms with van der Waals surface area (Å²) in [5, 5.41) is 6.56. The molecule has 2 heterocycles. The van der Waals surface area contributed by atoms with Crippen LogP contribution in [0.25, 0.3) is 11.3 Å². The SMILES string of the molecule is CC[C@H]1CC(NC(C)c2cc(F)c(-c3ccnc(C(C)(C)C)n3)cc2F)=CN1. The zero-order chi connectivity index (χ0) is 20.5. The predicted octanol–water partition coefficient (Wildman–Crippen LogP) is 4.98. The van der Waals surface area contributed by atoms with Crippen molar-refractivity contribution in [2.75, 3.05) is 0 Å². The van der Waals surface area contributed by atoms with Gasteiger partial charge in [0.15, 0.2) is 0 Å². The van der Waals surface area contributed by atoms with E-state index in [1.54, 1.807) is 12.3 Å². The van der Waals surface area contributed by atoms with Crippen molar-refractivity contribution >= 4 is 0 Å². The summed E-state index contributed by atoms with van der Waals surface area (Å²) in [6.45, 7) is 9.89. The van der Waals surface area contributed by atoms with Gasteiger partial charge < -0.3 is 10.6 Å². The average molecular weight is 386 g/mol. The monoisotopic (exact) mass is 386 g/mol. The van der Waals surface area contributed by atoms with Crippen molar-refractivity contribution in [3.05, 3.63) is 59.3 Å². The van der Waals surface area contributed by atoms with Crippen molar-refractivity contribution in [3.8, 4) is 11.3 Å². The van der Waals surface area contributed by atoms with Gasteiger partial charge in [-0.15, -0.1) is 0 Å². The lowest BCUT2D eigenvalue weighted by Crippen LogP contribution is -2.21. The third-order valence-corrected chi connectivity index (χ3v) is 5.01. The topological polar surface area (TPSA) is 49.8 Å². The number of benzene rings is 1. The Morgan fingerprint density at radius 2 is 2.00 bits per heavy atom. The third kappa shape index (κ3) is 4.32. The molecule has 0 radical (unpaired) electrons. The molecule has 0 spiro atoms. The summed E-state index contributed by atoms with van der Waals surface area (Å²) in [4.78, 5) is 8.70. The van der Waals surface area contributed by atoms with Gasteiger partial charge in [-0.2, -0.15) is 0 Å². The van der Waals surface area contributed by atoms with Gasteiger partial charge in [-0.05, 0) is 31.5 Å². The van der Waals surface area contributed by atoms with Crippen molar-refractivity contribution in [2.45, 2.75) is 65.0 Å². The molecule has 1 aromatic heterocycles. The molecule has 3 rings (SSSR count). The first-order chi connectivity index (χ1) is 13.2. The average Bonchev–Trinajstić information content (AvgIpc) is 3.10.